The SMILES string of the molecule is CCCCCCCCCCC(=O)CCCCCCCCCn1c(=O)c2c(ncn2C)n(C)c1=O. The van der Waals surface area contributed by atoms with Gasteiger partial charge in [0.15, 0.2) is 11.2 Å². The predicted molar refractivity (Wildman–Crippen MR) is 139 cm³/mol. The minimum atomic E-state index is -0.298. The van der Waals surface area contributed by atoms with Crippen LogP contribution in [-0.4, -0.2) is 24.5 Å². The Morgan fingerprint density at radius 1 is 0.765 bits per heavy atom. The normalized spacial score (nSPS) is 11.5. The topological polar surface area (TPSA) is 78.9 Å². The lowest BCUT2D eigenvalue weighted by Crippen LogP contribution is -2.39. The fraction of sp³-hybridized carbons (Fsp3) is 0.778. The molecule has 0 amide bonds. The highest BCUT2D eigenvalue weighted by atomic mass is 16.2. The summed E-state index contributed by atoms with van der Waals surface area (Å²) < 4.78 is 4.46. The maximum Gasteiger partial charge on any atom is 0.332 e. The second-order valence-corrected chi connectivity index (χ2v) is 9.81. The van der Waals surface area contributed by atoms with Crippen LogP contribution < -0.4 is 11.2 Å². The Morgan fingerprint density at radius 2 is 1.26 bits per heavy atom. The Bertz CT molecular complexity index is 986. The van der Waals surface area contributed by atoms with Gasteiger partial charge in [0.2, 0.25) is 0 Å². The largest absolute Gasteiger partial charge is 0.332 e. The highest BCUT2D eigenvalue weighted by Gasteiger charge is 2.14. The Balaban J connectivity index is 1.50. The molecule has 0 saturated carbocycles. The van der Waals surface area contributed by atoms with Gasteiger partial charge in [-0.1, -0.05) is 84.0 Å². The van der Waals surface area contributed by atoms with Crippen molar-refractivity contribution in [2.24, 2.45) is 14.1 Å². The molecule has 0 spiro atoms. The first-order valence-corrected chi connectivity index (χ1v) is 13.6. The lowest BCUT2D eigenvalue weighted by Gasteiger charge is -2.08. The van der Waals surface area contributed by atoms with Gasteiger partial charge in [-0.3, -0.25) is 18.7 Å². The van der Waals surface area contributed by atoms with Gasteiger partial charge in [0.1, 0.15) is 5.78 Å². The average Bonchev–Trinajstić information content (AvgIpc) is 3.21. The number of ketones is 1. The number of rotatable bonds is 19. The molecular formula is C27H46N4O3. The van der Waals surface area contributed by atoms with Gasteiger partial charge in [0.05, 0.1) is 6.33 Å². The fourth-order valence-corrected chi connectivity index (χ4v) is 4.65. The molecule has 192 valence electrons. The van der Waals surface area contributed by atoms with Crippen LogP contribution in [0.5, 0.6) is 0 Å². The van der Waals surface area contributed by atoms with Gasteiger partial charge < -0.3 is 4.57 Å². The molecule has 2 aromatic rings. The number of imidazole rings is 1. The molecule has 2 rings (SSSR count). The zero-order valence-electron chi connectivity index (χ0n) is 21.8. The molecule has 0 aromatic carbocycles. The highest BCUT2D eigenvalue weighted by molar-refractivity contribution is 5.78. The molecule has 0 aliphatic rings. The number of fused-ring (bicyclic) bond motifs is 1. The third kappa shape index (κ3) is 8.88. The van der Waals surface area contributed by atoms with Gasteiger partial charge in [-0.2, -0.15) is 0 Å². The first kappa shape index (κ1) is 28.1. The second kappa shape index (κ2) is 15.7. The number of aryl methyl sites for hydroxylation is 2. The number of hydrogen-bond donors (Lipinski definition) is 0. The summed E-state index contributed by atoms with van der Waals surface area (Å²) in [5.74, 6) is 0.434. The van der Waals surface area contributed by atoms with Crippen LogP contribution in [0.3, 0.4) is 0 Å². The Hall–Kier alpha value is -2.18. The number of unbranched alkanes of at least 4 members (excludes halogenated alkanes) is 13. The maximum absolute atomic E-state index is 12.7. The molecule has 0 aliphatic carbocycles. The van der Waals surface area contributed by atoms with E-state index >= 15 is 0 Å². The van der Waals surface area contributed by atoms with Crippen LogP contribution in [-0.2, 0) is 25.4 Å². The van der Waals surface area contributed by atoms with Crippen LogP contribution in [0, 0.1) is 0 Å². The van der Waals surface area contributed by atoms with Crippen molar-refractivity contribution in [3.63, 3.8) is 0 Å². The van der Waals surface area contributed by atoms with Gasteiger partial charge in [0.25, 0.3) is 5.56 Å². The smallest absolute Gasteiger partial charge is 0.328 e. The van der Waals surface area contributed by atoms with E-state index in [1.807, 2.05) is 0 Å². The van der Waals surface area contributed by atoms with Gasteiger partial charge >= 0.3 is 5.69 Å². The standard InChI is InChI=1S/C27H46N4O3/c1-4-5-6-7-8-10-13-16-19-23(32)20-17-14-11-9-12-15-18-21-31-26(33)24-25(28-22-29(24)2)30(3)27(31)34/h22H,4-21H2,1-3H3. The fourth-order valence-electron chi connectivity index (χ4n) is 4.65. The van der Waals surface area contributed by atoms with E-state index in [0.29, 0.717) is 23.5 Å². The van der Waals surface area contributed by atoms with Crippen molar-refractivity contribution < 1.29 is 4.79 Å². The van der Waals surface area contributed by atoms with Crippen LogP contribution >= 0.6 is 0 Å². The zero-order chi connectivity index (χ0) is 24.8. The number of aromatic nitrogens is 4. The zero-order valence-corrected chi connectivity index (χ0v) is 21.8. The van der Waals surface area contributed by atoms with Crippen molar-refractivity contribution in [3.8, 4) is 0 Å². The van der Waals surface area contributed by atoms with Crippen molar-refractivity contribution in [1.82, 2.24) is 18.7 Å². The second-order valence-electron chi connectivity index (χ2n) is 9.81. The maximum atomic E-state index is 12.7. The molecule has 0 unspecified atom stereocenters. The summed E-state index contributed by atoms with van der Waals surface area (Å²) in [6, 6.07) is 0. The molecule has 7 nitrogen and oxygen atoms in total. The summed E-state index contributed by atoms with van der Waals surface area (Å²) in [6.07, 6.45) is 20.6. The Labute approximate surface area is 204 Å². The van der Waals surface area contributed by atoms with Crippen molar-refractivity contribution >= 4 is 16.9 Å². The molecular weight excluding hydrogens is 428 g/mol. The minimum absolute atomic E-state index is 0.255. The quantitative estimate of drug-likeness (QED) is 0.246. The van der Waals surface area contributed by atoms with Crippen LogP contribution in [0.2, 0.25) is 0 Å². The van der Waals surface area contributed by atoms with E-state index in [9.17, 15) is 14.4 Å². The molecule has 0 aliphatic heterocycles. The van der Waals surface area contributed by atoms with Crippen molar-refractivity contribution in [2.75, 3.05) is 0 Å². The minimum Gasteiger partial charge on any atom is -0.328 e. The number of carbonyl (C=O) groups is 1. The van der Waals surface area contributed by atoms with Crippen LogP contribution in [0.25, 0.3) is 11.2 Å². The van der Waals surface area contributed by atoms with E-state index in [2.05, 4.69) is 11.9 Å². The summed E-state index contributed by atoms with van der Waals surface area (Å²) in [7, 11) is 3.43. The molecule has 34 heavy (non-hydrogen) atoms. The molecule has 2 aromatic heterocycles. The Kier molecular flexibility index (Phi) is 12.9. The number of carbonyl (C=O) groups excluding carboxylic acids is 1. The van der Waals surface area contributed by atoms with Gasteiger partial charge in [-0.25, -0.2) is 9.78 Å². The summed E-state index contributed by atoms with van der Waals surface area (Å²) in [6.45, 7) is 2.69. The van der Waals surface area contributed by atoms with Gasteiger partial charge in [0, 0.05) is 33.5 Å². The van der Waals surface area contributed by atoms with Crippen molar-refractivity contribution in [2.45, 2.75) is 123 Å². The van der Waals surface area contributed by atoms with Gasteiger partial charge in [-0.05, 0) is 19.3 Å². The number of Topliss-reactive ketones (excluding diaryl/α,β-unsaturated/α-hetero) is 1. The molecule has 0 saturated heterocycles. The first-order chi connectivity index (χ1) is 16.5. The monoisotopic (exact) mass is 474 g/mol. The third-order valence-corrected chi connectivity index (χ3v) is 6.85. The molecule has 0 radical (unpaired) electrons. The van der Waals surface area contributed by atoms with E-state index in [0.717, 1.165) is 64.2 Å². The number of hydrogen-bond acceptors (Lipinski definition) is 4. The number of nitrogens with zero attached hydrogens (tertiary/aromatic N) is 4. The highest BCUT2D eigenvalue weighted by Crippen LogP contribution is 2.13. The molecule has 7 heteroatoms. The van der Waals surface area contributed by atoms with Crippen LogP contribution in [0.1, 0.15) is 116 Å². The lowest BCUT2D eigenvalue weighted by atomic mass is 10.0. The average molecular weight is 475 g/mol. The molecule has 0 bridgehead atoms. The molecule has 0 N–H and O–H groups in total. The summed E-state index contributed by atoms with van der Waals surface area (Å²) in [5, 5.41) is 0. The third-order valence-electron chi connectivity index (χ3n) is 6.85. The van der Waals surface area contributed by atoms with E-state index in [1.54, 1.807) is 25.0 Å². The molecule has 0 atom stereocenters. The molecule has 0 fully saturated rings. The van der Waals surface area contributed by atoms with E-state index in [-0.39, 0.29) is 11.2 Å². The summed E-state index contributed by atoms with van der Waals surface area (Å²) >= 11 is 0. The van der Waals surface area contributed by atoms with Crippen LogP contribution in [0.15, 0.2) is 15.9 Å². The molecule has 2 heterocycles. The van der Waals surface area contributed by atoms with E-state index < -0.39 is 0 Å². The predicted octanol–water partition coefficient (Wildman–Crippen LogP) is 5.65. The van der Waals surface area contributed by atoms with Gasteiger partial charge in [-0.15, -0.1) is 0 Å². The summed E-state index contributed by atoms with van der Waals surface area (Å²) in [5.41, 5.74) is 0.353. The van der Waals surface area contributed by atoms with Crippen LogP contribution in [0.4, 0.5) is 0 Å². The van der Waals surface area contributed by atoms with Crippen molar-refractivity contribution in [3.05, 3.63) is 27.2 Å². The van der Waals surface area contributed by atoms with E-state index in [1.165, 1.54) is 54.1 Å². The van der Waals surface area contributed by atoms with E-state index in [4.69, 9.17) is 0 Å². The van der Waals surface area contributed by atoms with Crippen molar-refractivity contribution in [1.29, 1.82) is 0 Å². The Morgan fingerprint density at radius 3 is 1.82 bits per heavy atom. The summed E-state index contributed by atoms with van der Waals surface area (Å²) in [4.78, 5) is 41.4. The first-order valence-electron chi connectivity index (χ1n) is 13.6. The lowest BCUT2D eigenvalue weighted by molar-refractivity contribution is -0.119.